The second-order valence-electron chi connectivity index (χ2n) is 5.31. The van der Waals surface area contributed by atoms with Crippen LogP contribution in [0.25, 0.3) is 0 Å². The molecular weight excluding hydrogens is 176 g/mol. The zero-order valence-corrected chi connectivity index (χ0v) is 9.27. The number of fused-ring (bicyclic) bond motifs is 3. The number of ether oxygens (including phenoxy) is 1. The van der Waals surface area contributed by atoms with E-state index in [9.17, 15) is 4.79 Å². The fraction of sp³-hybridized carbons (Fsp3) is 0.917. The predicted octanol–water partition coefficient (Wildman–Crippen LogP) is 2.91. The molecule has 0 heterocycles. The van der Waals surface area contributed by atoms with Crippen LogP contribution in [0.2, 0.25) is 0 Å². The molecule has 0 saturated heterocycles. The van der Waals surface area contributed by atoms with Crippen molar-refractivity contribution in [3.63, 3.8) is 0 Å². The van der Waals surface area contributed by atoms with Crippen LogP contribution in [-0.2, 0) is 9.53 Å². The maximum Gasteiger partial charge on any atom is 0.312 e. The average molecular weight is 196 g/mol. The van der Waals surface area contributed by atoms with Crippen molar-refractivity contribution in [2.45, 2.75) is 52.4 Å². The molecule has 0 radical (unpaired) electrons. The van der Waals surface area contributed by atoms with Gasteiger partial charge in [0.15, 0.2) is 0 Å². The van der Waals surface area contributed by atoms with Crippen molar-refractivity contribution in [2.75, 3.05) is 6.61 Å². The van der Waals surface area contributed by atoms with E-state index in [1.165, 1.54) is 19.3 Å². The maximum atomic E-state index is 11.9. The molecule has 0 spiro atoms. The first-order chi connectivity index (χ1) is 6.60. The number of hydrogen-bond donors (Lipinski definition) is 0. The highest BCUT2D eigenvalue weighted by Gasteiger charge is 2.51. The number of esters is 1. The minimum Gasteiger partial charge on any atom is -0.466 e. The van der Waals surface area contributed by atoms with Gasteiger partial charge in [-0.1, -0.05) is 6.92 Å². The summed E-state index contributed by atoms with van der Waals surface area (Å²) >= 11 is 0. The van der Waals surface area contributed by atoms with Crippen LogP contribution in [0, 0.1) is 10.8 Å². The zero-order valence-electron chi connectivity index (χ0n) is 9.27. The monoisotopic (exact) mass is 196 g/mol. The molecule has 2 nitrogen and oxygen atoms in total. The van der Waals surface area contributed by atoms with E-state index in [1.807, 2.05) is 6.92 Å². The van der Waals surface area contributed by atoms with Gasteiger partial charge in [0, 0.05) is 0 Å². The lowest BCUT2D eigenvalue weighted by molar-refractivity contribution is -0.164. The quantitative estimate of drug-likeness (QED) is 0.635. The molecule has 3 fully saturated rings. The lowest BCUT2D eigenvalue weighted by atomic mass is 9.54. The van der Waals surface area contributed by atoms with E-state index < -0.39 is 0 Å². The van der Waals surface area contributed by atoms with Crippen molar-refractivity contribution in [2.24, 2.45) is 10.8 Å². The molecule has 0 aromatic carbocycles. The third kappa shape index (κ3) is 1.45. The molecule has 2 heteroatoms. The Kier molecular flexibility index (Phi) is 2.32. The molecule has 0 amide bonds. The molecule has 2 bridgehead atoms. The van der Waals surface area contributed by atoms with Gasteiger partial charge in [0.05, 0.1) is 12.0 Å². The van der Waals surface area contributed by atoms with Gasteiger partial charge >= 0.3 is 5.97 Å². The van der Waals surface area contributed by atoms with Crippen LogP contribution in [0.15, 0.2) is 0 Å². The molecule has 0 N–H and O–H groups in total. The van der Waals surface area contributed by atoms with Crippen molar-refractivity contribution in [1.29, 1.82) is 0 Å². The summed E-state index contributed by atoms with van der Waals surface area (Å²) in [4.78, 5) is 11.9. The van der Waals surface area contributed by atoms with E-state index in [4.69, 9.17) is 4.74 Å². The van der Waals surface area contributed by atoms with Gasteiger partial charge in [-0.3, -0.25) is 4.79 Å². The molecule has 14 heavy (non-hydrogen) atoms. The second-order valence-corrected chi connectivity index (χ2v) is 5.31. The van der Waals surface area contributed by atoms with Gasteiger partial charge in [0.1, 0.15) is 0 Å². The number of carbonyl (C=O) groups is 1. The minimum absolute atomic E-state index is 0.0711. The first-order valence-corrected chi connectivity index (χ1v) is 5.78. The molecule has 80 valence electrons. The van der Waals surface area contributed by atoms with E-state index in [0.717, 1.165) is 19.3 Å². The summed E-state index contributed by atoms with van der Waals surface area (Å²) in [5.41, 5.74) is 0.446. The standard InChI is InChI=1S/C12H20O2/c1-3-14-10(13)12-7-4-11(2,5-8-12)6-9-12/h3-9H2,1-2H3. The summed E-state index contributed by atoms with van der Waals surface area (Å²) in [5.74, 6) is 0.0711. The van der Waals surface area contributed by atoms with Crippen LogP contribution >= 0.6 is 0 Å². The van der Waals surface area contributed by atoms with Crippen molar-refractivity contribution < 1.29 is 9.53 Å². The molecule has 3 aliphatic rings. The van der Waals surface area contributed by atoms with E-state index in [2.05, 4.69) is 6.92 Å². The minimum atomic E-state index is -0.0895. The fourth-order valence-corrected chi connectivity index (χ4v) is 2.96. The Hall–Kier alpha value is -0.530. The van der Waals surface area contributed by atoms with Crippen molar-refractivity contribution in [3.05, 3.63) is 0 Å². The lowest BCUT2D eigenvalue weighted by Crippen LogP contribution is -2.45. The third-order valence-electron chi connectivity index (χ3n) is 4.33. The summed E-state index contributed by atoms with van der Waals surface area (Å²) in [6.45, 7) is 4.78. The molecule has 0 aliphatic heterocycles. The van der Waals surface area contributed by atoms with Crippen molar-refractivity contribution in [1.82, 2.24) is 0 Å². The Morgan fingerprint density at radius 2 is 1.64 bits per heavy atom. The van der Waals surface area contributed by atoms with Crippen molar-refractivity contribution in [3.8, 4) is 0 Å². The van der Waals surface area contributed by atoms with Gasteiger partial charge in [-0.2, -0.15) is 0 Å². The zero-order chi connectivity index (χ0) is 10.2. The first kappa shape index (κ1) is 10.0. The summed E-state index contributed by atoms with van der Waals surface area (Å²) in [6, 6.07) is 0. The second kappa shape index (κ2) is 3.25. The third-order valence-corrected chi connectivity index (χ3v) is 4.33. The first-order valence-electron chi connectivity index (χ1n) is 5.78. The summed E-state index contributed by atoms with van der Waals surface area (Å²) in [7, 11) is 0. The summed E-state index contributed by atoms with van der Waals surface area (Å²) in [6.07, 6.45) is 6.82. The molecule has 0 atom stereocenters. The lowest BCUT2D eigenvalue weighted by Gasteiger charge is -2.50. The maximum absolute atomic E-state index is 11.9. The average Bonchev–Trinajstić information content (AvgIpc) is 2.20. The van der Waals surface area contributed by atoms with Gasteiger partial charge in [-0.25, -0.2) is 0 Å². The van der Waals surface area contributed by atoms with Gasteiger partial charge < -0.3 is 4.74 Å². The van der Waals surface area contributed by atoms with E-state index in [1.54, 1.807) is 0 Å². The van der Waals surface area contributed by atoms with Crippen LogP contribution < -0.4 is 0 Å². The molecule has 3 saturated carbocycles. The Balaban J connectivity index is 2.08. The molecular formula is C12H20O2. The highest BCUT2D eigenvalue weighted by Crippen LogP contribution is 2.56. The predicted molar refractivity (Wildman–Crippen MR) is 54.9 cm³/mol. The Morgan fingerprint density at radius 3 is 2.07 bits per heavy atom. The van der Waals surface area contributed by atoms with Gasteiger partial charge in [0.2, 0.25) is 0 Å². The number of carbonyl (C=O) groups excluding carboxylic acids is 1. The summed E-state index contributed by atoms with van der Waals surface area (Å²) in [5, 5.41) is 0. The van der Waals surface area contributed by atoms with E-state index in [-0.39, 0.29) is 11.4 Å². The molecule has 0 aromatic rings. The van der Waals surface area contributed by atoms with E-state index in [0.29, 0.717) is 12.0 Å². The Labute approximate surface area is 86.0 Å². The Bertz CT molecular complexity index is 220. The van der Waals surface area contributed by atoms with Crippen LogP contribution in [0.5, 0.6) is 0 Å². The molecule has 3 aliphatic carbocycles. The molecule has 3 rings (SSSR count). The van der Waals surface area contributed by atoms with Gasteiger partial charge in [-0.15, -0.1) is 0 Å². The van der Waals surface area contributed by atoms with Gasteiger partial charge in [-0.05, 0) is 50.9 Å². The van der Waals surface area contributed by atoms with Crippen LogP contribution in [0.1, 0.15) is 52.4 Å². The van der Waals surface area contributed by atoms with Crippen LogP contribution in [0.4, 0.5) is 0 Å². The number of hydrogen-bond acceptors (Lipinski definition) is 2. The van der Waals surface area contributed by atoms with Gasteiger partial charge in [0.25, 0.3) is 0 Å². The fourth-order valence-electron chi connectivity index (χ4n) is 2.96. The number of rotatable bonds is 2. The molecule has 0 aromatic heterocycles. The highest BCUT2D eigenvalue weighted by molar-refractivity contribution is 5.77. The Morgan fingerprint density at radius 1 is 1.14 bits per heavy atom. The summed E-state index contributed by atoms with van der Waals surface area (Å²) < 4.78 is 5.19. The SMILES string of the molecule is CCOC(=O)C12CCC(C)(CC1)CC2. The normalized spacial score (nSPS) is 41.0. The van der Waals surface area contributed by atoms with Crippen molar-refractivity contribution >= 4 is 5.97 Å². The largest absolute Gasteiger partial charge is 0.466 e. The molecule has 0 unspecified atom stereocenters. The van der Waals surface area contributed by atoms with Crippen LogP contribution in [0.3, 0.4) is 0 Å². The highest BCUT2D eigenvalue weighted by atomic mass is 16.5. The smallest absolute Gasteiger partial charge is 0.312 e. The topological polar surface area (TPSA) is 26.3 Å². The van der Waals surface area contributed by atoms with Crippen LogP contribution in [-0.4, -0.2) is 12.6 Å². The van der Waals surface area contributed by atoms with E-state index >= 15 is 0 Å².